The Kier molecular flexibility index (Phi) is 2.65. The van der Waals surface area contributed by atoms with Crippen molar-refractivity contribution >= 4 is 21.4 Å². The molecule has 0 bridgehead atoms. The van der Waals surface area contributed by atoms with Crippen molar-refractivity contribution in [2.75, 3.05) is 13.2 Å². The molecule has 16 heavy (non-hydrogen) atoms. The number of imidazole rings is 1. The fraction of sp³-hybridized carbons (Fsp3) is 0.455. The first-order chi connectivity index (χ1) is 7.86. The minimum atomic E-state index is 0.461. The van der Waals surface area contributed by atoms with E-state index in [1.807, 2.05) is 16.6 Å². The van der Waals surface area contributed by atoms with Crippen LogP contribution in [0.25, 0.3) is 5.52 Å². The molecule has 0 N–H and O–H groups in total. The topological polar surface area (TPSA) is 39.4 Å². The van der Waals surface area contributed by atoms with Gasteiger partial charge in [-0.3, -0.25) is 0 Å². The molecule has 0 saturated carbocycles. The normalized spacial score (nSPS) is 18.1. The summed E-state index contributed by atoms with van der Waals surface area (Å²) in [5.74, 6) is 1.51. The van der Waals surface area contributed by atoms with Gasteiger partial charge in [0.2, 0.25) is 0 Å². The van der Waals surface area contributed by atoms with E-state index in [1.54, 1.807) is 6.20 Å². The number of aromatic nitrogens is 3. The van der Waals surface area contributed by atoms with Crippen LogP contribution in [0, 0.1) is 0 Å². The number of nitrogens with zero attached hydrogens (tertiary/aromatic N) is 3. The van der Waals surface area contributed by atoms with Crippen LogP contribution in [0.2, 0.25) is 0 Å². The molecule has 0 radical (unpaired) electrons. The van der Waals surface area contributed by atoms with E-state index < -0.39 is 0 Å². The number of rotatable bonds is 1. The summed E-state index contributed by atoms with van der Waals surface area (Å²) in [7, 11) is 0. The molecule has 1 fully saturated rings. The number of ether oxygens (including phenoxy) is 1. The Bertz CT molecular complexity index is 505. The Morgan fingerprint density at radius 3 is 3.00 bits per heavy atom. The molecule has 5 heteroatoms. The number of hydrogen-bond acceptors (Lipinski definition) is 3. The number of halogens is 1. The van der Waals surface area contributed by atoms with Crippen molar-refractivity contribution in [1.82, 2.24) is 14.6 Å². The maximum atomic E-state index is 5.37. The Morgan fingerprint density at radius 1 is 1.38 bits per heavy atom. The van der Waals surface area contributed by atoms with Crippen LogP contribution >= 0.6 is 15.9 Å². The second-order valence-corrected chi connectivity index (χ2v) is 4.72. The van der Waals surface area contributed by atoms with Crippen molar-refractivity contribution in [1.29, 1.82) is 0 Å². The molecule has 3 heterocycles. The lowest BCUT2D eigenvalue weighted by molar-refractivity contribution is 0.0832. The van der Waals surface area contributed by atoms with Gasteiger partial charge in [-0.15, -0.1) is 0 Å². The smallest absolute Gasteiger partial charge is 0.135 e. The Balaban J connectivity index is 2.08. The zero-order valence-corrected chi connectivity index (χ0v) is 10.4. The zero-order chi connectivity index (χ0) is 11.0. The standard InChI is InChI=1S/C11H12BrN3O/c12-10-9-2-1-5-13-15(9)11(14-10)8-3-6-16-7-4-8/h1-2,5,8H,3-4,6-7H2. The van der Waals surface area contributed by atoms with Crippen LogP contribution < -0.4 is 0 Å². The summed E-state index contributed by atoms with van der Waals surface area (Å²) in [6.45, 7) is 1.65. The molecule has 1 aliphatic heterocycles. The quantitative estimate of drug-likeness (QED) is 0.806. The predicted octanol–water partition coefficient (Wildman–Crippen LogP) is 2.39. The first kappa shape index (κ1) is 10.2. The van der Waals surface area contributed by atoms with Crippen LogP contribution in [0.3, 0.4) is 0 Å². The van der Waals surface area contributed by atoms with E-state index in [2.05, 4.69) is 26.0 Å². The lowest BCUT2D eigenvalue weighted by Gasteiger charge is -2.20. The van der Waals surface area contributed by atoms with Gasteiger partial charge in [0.15, 0.2) is 0 Å². The zero-order valence-electron chi connectivity index (χ0n) is 8.77. The fourth-order valence-electron chi connectivity index (χ4n) is 2.14. The summed E-state index contributed by atoms with van der Waals surface area (Å²) in [6, 6.07) is 3.95. The van der Waals surface area contributed by atoms with Crippen molar-refractivity contribution < 1.29 is 4.74 Å². The number of hydrogen-bond donors (Lipinski definition) is 0. The van der Waals surface area contributed by atoms with Crippen molar-refractivity contribution in [2.45, 2.75) is 18.8 Å². The highest BCUT2D eigenvalue weighted by atomic mass is 79.9. The molecule has 1 saturated heterocycles. The monoisotopic (exact) mass is 281 g/mol. The van der Waals surface area contributed by atoms with Gasteiger partial charge in [-0.2, -0.15) is 5.10 Å². The molecule has 0 amide bonds. The molecule has 4 nitrogen and oxygen atoms in total. The molecular weight excluding hydrogens is 270 g/mol. The van der Waals surface area contributed by atoms with Gasteiger partial charge in [-0.05, 0) is 40.9 Å². The van der Waals surface area contributed by atoms with Crippen LogP contribution in [-0.2, 0) is 4.74 Å². The maximum absolute atomic E-state index is 5.37. The molecule has 2 aromatic heterocycles. The van der Waals surface area contributed by atoms with Crippen LogP contribution in [0.5, 0.6) is 0 Å². The van der Waals surface area contributed by atoms with Gasteiger partial charge < -0.3 is 4.74 Å². The van der Waals surface area contributed by atoms with E-state index >= 15 is 0 Å². The minimum Gasteiger partial charge on any atom is -0.381 e. The third-order valence-corrected chi connectivity index (χ3v) is 3.56. The average Bonchev–Trinajstić information content (AvgIpc) is 2.69. The molecule has 84 valence electrons. The minimum absolute atomic E-state index is 0.461. The maximum Gasteiger partial charge on any atom is 0.135 e. The van der Waals surface area contributed by atoms with E-state index in [9.17, 15) is 0 Å². The molecule has 0 unspecified atom stereocenters. The molecule has 0 atom stereocenters. The summed E-state index contributed by atoms with van der Waals surface area (Å²) in [6.07, 6.45) is 3.86. The van der Waals surface area contributed by atoms with Gasteiger partial charge in [0.1, 0.15) is 10.4 Å². The molecule has 0 aromatic carbocycles. The number of fused-ring (bicyclic) bond motifs is 1. The van der Waals surface area contributed by atoms with Crippen molar-refractivity contribution in [3.63, 3.8) is 0 Å². The second kappa shape index (κ2) is 4.14. The predicted molar refractivity (Wildman–Crippen MR) is 63.5 cm³/mol. The van der Waals surface area contributed by atoms with E-state index in [4.69, 9.17) is 4.74 Å². The average molecular weight is 282 g/mol. The first-order valence-corrected chi connectivity index (χ1v) is 6.22. The lowest BCUT2D eigenvalue weighted by atomic mass is 10.00. The third kappa shape index (κ3) is 1.64. The van der Waals surface area contributed by atoms with Gasteiger partial charge in [-0.25, -0.2) is 9.50 Å². The van der Waals surface area contributed by atoms with E-state index in [-0.39, 0.29) is 0 Å². The summed E-state index contributed by atoms with van der Waals surface area (Å²) in [5.41, 5.74) is 1.03. The van der Waals surface area contributed by atoms with Crippen molar-refractivity contribution in [3.05, 3.63) is 28.8 Å². The van der Waals surface area contributed by atoms with Crippen LogP contribution in [0.4, 0.5) is 0 Å². The van der Waals surface area contributed by atoms with Crippen LogP contribution in [-0.4, -0.2) is 27.8 Å². The van der Waals surface area contributed by atoms with E-state index in [1.165, 1.54) is 0 Å². The highest BCUT2D eigenvalue weighted by molar-refractivity contribution is 9.10. The van der Waals surface area contributed by atoms with Crippen molar-refractivity contribution in [3.8, 4) is 0 Å². The summed E-state index contributed by atoms with van der Waals surface area (Å²) < 4.78 is 8.18. The largest absolute Gasteiger partial charge is 0.381 e. The Hall–Kier alpha value is -0.940. The van der Waals surface area contributed by atoms with Gasteiger partial charge in [0.25, 0.3) is 0 Å². The van der Waals surface area contributed by atoms with Crippen LogP contribution in [0.15, 0.2) is 22.9 Å². The van der Waals surface area contributed by atoms with Crippen LogP contribution in [0.1, 0.15) is 24.6 Å². The molecule has 3 rings (SSSR count). The van der Waals surface area contributed by atoms with Gasteiger partial charge >= 0.3 is 0 Å². The van der Waals surface area contributed by atoms with E-state index in [0.717, 1.165) is 42.0 Å². The molecule has 1 aliphatic rings. The fourth-order valence-corrected chi connectivity index (χ4v) is 2.62. The highest BCUT2D eigenvalue weighted by Crippen LogP contribution is 2.29. The Morgan fingerprint density at radius 2 is 2.19 bits per heavy atom. The second-order valence-electron chi connectivity index (χ2n) is 3.97. The Labute approximate surface area is 102 Å². The molecule has 0 aliphatic carbocycles. The highest BCUT2D eigenvalue weighted by Gasteiger charge is 2.22. The SMILES string of the molecule is Brc1nc(C2CCOCC2)n2ncccc12. The summed E-state index contributed by atoms with van der Waals surface area (Å²) >= 11 is 3.48. The third-order valence-electron chi connectivity index (χ3n) is 2.98. The van der Waals surface area contributed by atoms with Gasteiger partial charge in [0, 0.05) is 25.3 Å². The molecule has 2 aromatic rings. The molecule has 0 spiro atoms. The van der Waals surface area contributed by atoms with Gasteiger partial charge in [0.05, 0.1) is 5.52 Å². The lowest BCUT2D eigenvalue weighted by Crippen LogP contribution is -2.16. The summed E-state index contributed by atoms with van der Waals surface area (Å²) in [5, 5.41) is 4.36. The summed E-state index contributed by atoms with van der Waals surface area (Å²) in [4.78, 5) is 4.58. The molecular formula is C11H12BrN3O. The van der Waals surface area contributed by atoms with E-state index in [0.29, 0.717) is 5.92 Å². The van der Waals surface area contributed by atoms with Gasteiger partial charge in [-0.1, -0.05) is 0 Å². The van der Waals surface area contributed by atoms with Crippen molar-refractivity contribution in [2.24, 2.45) is 0 Å². The first-order valence-electron chi connectivity index (χ1n) is 5.43.